The molecule has 1 amide bonds. The summed E-state index contributed by atoms with van der Waals surface area (Å²) < 4.78 is 7.82. The molecule has 1 rings (SSSR count). The summed E-state index contributed by atoms with van der Waals surface area (Å²) in [5.74, 6) is -0.513. The van der Waals surface area contributed by atoms with Gasteiger partial charge in [0.25, 0.3) is 0 Å². The summed E-state index contributed by atoms with van der Waals surface area (Å²) in [6, 6.07) is 6.59. The molecule has 1 aromatic rings. The third-order valence-electron chi connectivity index (χ3n) is 2.81. The Morgan fingerprint density at radius 3 is 2.31 bits per heavy atom. The van der Waals surface area contributed by atoms with E-state index in [1.165, 1.54) is 0 Å². The van der Waals surface area contributed by atoms with Crippen LogP contribution in [-0.2, 0) is 9.47 Å². The Labute approximate surface area is 171 Å². The number of para-hydroxylation sites is 1. The highest BCUT2D eigenvalue weighted by molar-refractivity contribution is 7.80. The fourth-order valence-electron chi connectivity index (χ4n) is 1.76. The number of alkyl halides is 3. The van der Waals surface area contributed by atoms with Gasteiger partial charge in [-0.25, -0.2) is 9.59 Å². The van der Waals surface area contributed by atoms with Gasteiger partial charge in [0.1, 0.15) is 0 Å². The molecular weight excluding hydrogens is 425 g/mol. The Morgan fingerprint density at radius 2 is 1.73 bits per heavy atom. The average Bonchev–Trinajstić information content (AvgIpc) is 2.54. The zero-order chi connectivity index (χ0) is 19.7. The summed E-state index contributed by atoms with van der Waals surface area (Å²) >= 11 is 22.7. The Balaban J connectivity index is 2.86. The van der Waals surface area contributed by atoms with Crippen molar-refractivity contribution in [2.45, 2.75) is 23.8 Å². The molecule has 0 saturated carbocycles. The van der Waals surface area contributed by atoms with E-state index in [1.54, 1.807) is 38.1 Å². The topological polar surface area (TPSA) is 88.7 Å². The highest BCUT2D eigenvalue weighted by Crippen LogP contribution is 2.29. The molecule has 0 aliphatic carbocycles. The van der Waals surface area contributed by atoms with Gasteiger partial charge in [0.15, 0.2) is 11.3 Å². The predicted octanol–water partition coefficient (Wildman–Crippen LogP) is 3.59. The van der Waals surface area contributed by atoms with E-state index < -0.39 is 22.0 Å². The maximum Gasteiger partial charge on any atom is 0.408 e. The first-order valence-corrected chi connectivity index (χ1v) is 9.06. The van der Waals surface area contributed by atoms with Crippen molar-refractivity contribution in [3.8, 4) is 0 Å². The lowest BCUT2D eigenvalue weighted by Gasteiger charge is -2.27. The number of carbonyl (C=O) groups is 2. The second-order valence-electron chi connectivity index (χ2n) is 4.70. The number of alkyl carbamates (subject to hydrolysis) is 1. The van der Waals surface area contributed by atoms with Crippen LogP contribution in [0.5, 0.6) is 0 Å². The fourth-order valence-corrected chi connectivity index (χ4v) is 2.31. The standard InChI is InChI=1S/C15H18Cl3N3O4S/c1-3-24-11(22)9-7-5-6-8-10(9)19-13(26)20-12(15(16,17)18)21-14(23)25-4-2/h5-8,12H,3-4H2,1-2H3,(H,21,23)(H2,19,20,26). The summed E-state index contributed by atoms with van der Waals surface area (Å²) in [6.45, 7) is 3.71. The SMILES string of the molecule is CCOC(=O)NC(NC(=S)Nc1ccccc1C(=O)OCC)C(Cl)(Cl)Cl. The number of thiocarbonyl (C=S) groups is 1. The van der Waals surface area contributed by atoms with Crippen LogP contribution >= 0.6 is 47.0 Å². The van der Waals surface area contributed by atoms with E-state index in [1.807, 2.05) is 0 Å². The molecule has 0 heterocycles. The van der Waals surface area contributed by atoms with E-state index in [0.29, 0.717) is 5.69 Å². The van der Waals surface area contributed by atoms with Gasteiger partial charge in [-0.3, -0.25) is 5.32 Å². The van der Waals surface area contributed by atoms with Crippen molar-refractivity contribution in [3.05, 3.63) is 29.8 Å². The molecule has 0 aliphatic heterocycles. The van der Waals surface area contributed by atoms with Crippen molar-refractivity contribution in [1.29, 1.82) is 0 Å². The molecule has 26 heavy (non-hydrogen) atoms. The van der Waals surface area contributed by atoms with E-state index in [0.717, 1.165) is 0 Å². The first-order chi connectivity index (χ1) is 12.2. The smallest absolute Gasteiger partial charge is 0.408 e. The number of nitrogens with one attached hydrogen (secondary N) is 3. The van der Waals surface area contributed by atoms with Crippen LogP contribution in [0.3, 0.4) is 0 Å². The number of anilines is 1. The van der Waals surface area contributed by atoms with Crippen molar-refractivity contribution in [2.75, 3.05) is 18.5 Å². The van der Waals surface area contributed by atoms with Gasteiger partial charge in [0.2, 0.25) is 3.79 Å². The molecule has 0 fully saturated rings. The lowest BCUT2D eigenvalue weighted by molar-refractivity contribution is 0.0527. The lowest BCUT2D eigenvalue weighted by Crippen LogP contribution is -2.56. The normalized spacial score (nSPS) is 11.9. The van der Waals surface area contributed by atoms with Gasteiger partial charge in [0, 0.05) is 0 Å². The van der Waals surface area contributed by atoms with Crippen LogP contribution in [0.4, 0.5) is 10.5 Å². The average molecular weight is 443 g/mol. The van der Waals surface area contributed by atoms with Crippen LogP contribution in [0.25, 0.3) is 0 Å². The van der Waals surface area contributed by atoms with Gasteiger partial charge >= 0.3 is 12.1 Å². The minimum Gasteiger partial charge on any atom is -0.462 e. The van der Waals surface area contributed by atoms with Gasteiger partial charge in [-0.05, 0) is 38.2 Å². The Morgan fingerprint density at radius 1 is 1.12 bits per heavy atom. The lowest BCUT2D eigenvalue weighted by atomic mass is 10.2. The molecule has 11 heteroatoms. The van der Waals surface area contributed by atoms with E-state index in [-0.39, 0.29) is 23.9 Å². The number of esters is 1. The molecule has 0 bridgehead atoms. The van der Waals surface area contributed by atoms with Gasteiger partial charge in [-0.1, -0.05) is 46.9 Å². The van der Waals surface area contributed by atoms with E-state index >= 15 is 0 Å². The molecule has 0 radical (unpaired) electrons. The highest BCUT2D eigenvalue weighted by Gasteiger charge is 2.35. The van der Waals surface area contributed by atoms with Gasteiger partial charge < -0.3 is 20.1 Å². The van der Waals surface area contributed by atoms with Crippen molar-refractivity contribution in [3.63, 3.8) is 0 Å². The Kier molecular flexibility index (Phi) is 9.21. The van der Waals surface area contributed by atoms with Crippen LogP contribution in [0.2, 0.25) is 0 Å². The molecule has 3 N–H and O–H groups in total. The molecular formula is C15H18Cl3N3O4S. The molecule has 0 saturated heterocycles. The molecule has 0 aliphatic rings. The van der Waals surface area contributed by atoms with E-state index in [9.17, 15) is 9.59 Å². The van der Waals surface area contributed by atoms with Gasteiger partial charge in [-0.2, -0.15) is 0 Å². The minimum atomic E-state index is -1.92. The number of hydrogen-bond acceptors (Lipinski definition) is 5. The predicted molar refractivity (Wildman–Crippen MR) is 106 cm³/mol. The first kappa shape index (κ1) is 22.6. The number of ether oxygens (including phenoxy) is 2. The zero-order valence-electron chi connectivity index (χ0n) is 14.0. The van der Waals surface area contributed by atoms with Crippen LogP contribution in [-0.4, -0.2) is 40.3 Å². The van der Waals surface area contributed by atoms with Gasteiger partial charge in [-0.15, -0.1) is 0 Å². The maximum atomic E-state index is 12.0. The summed E-state index contributed by atoms with van der Waals surface area (Å²) in [7, 11) is 0. The van der Waals surface area contributed by atoms with Crippen LogP contribution in [0.1, 0.15) is 24.2 Å². The number of rotatable bonds is 6. The van der Waals surface area contributed by atoms with Gasteiger partial charge in [0.05, 0.1) is 24.5 Å². The zero-order valence-corrected chi connectivity index (χ0v) is 17.1. The van der Waals surface area contributed by atoms with Crippen molar-refractivity contribution in [1.82, 2.24) is 10.6 Å². The number of halogens is 3. The summed E-state index contributed by atoms with van der Waals surface area (Å²) in [6.07, 6.45) is -1.97. The molecule has 7 nitrogen and oxygen atoms in total. The number of carbonyl (C=O) groups excluding carboxylic acids is 2. The van der Waals surface area contributed by atoms with Crippen molar-refractivity contribution in [2.24, 2.45) is 0 Å². The monoisotopic (exact) mass is 441 g/mol. The third-order valence-corrected chi connectivity index (χ3v) is 3.69. The van der Waals surface area contributed by atoms with Crippen molar-refractivity contribution < 1.29 is 19.1 Å². The summed E-state index contributed by atoms with van der Waals surface area (Å²) in [5, 5.41) is 7.82. The van der Waals surface area contributed by atoms with E-state index in [4.69, 9.17) is 56.5 Å². The number of benzene rings is 1. The molecule has 0 spiro atoms. The van der Waals surface area contributed by atoms with Crippen LogP contribution in [0.15, 0.2) is 24.3 Å². The van der Waals surface area contributed by atoms with Crippen LogP contribution in [0, 0.1) is 0 Å². The Hall–Kier alpha value is -1.48. The number of hydrogen-bond donors (Lipinski definition) is 3. The largest absolute Gasteiger partial charge is 0.462 e. The fraction of sp³-hybridized carbons (Fsp3) is 0.400. The third kappa shape index (κ3) is 7.41. The Bertz CT molecular complexity index is 655. The molecule has 1 unspecified atom stereocenters. The van der Waals surface area contributed by atoms with E-state index in [2.05, 4.69) is 16.0 Å². The van der Waals surface area contributed by atoms with Crippen LogP contribution < -0.4 is 16.0 Å². The summed E-state index contributed by atoms with van der Waals surface area (Å²) in [4.78, 5) is 23.6. The second kappa shape index (κ2) is 10.6. The maximum absolute atomic E-state index is 12.0. The molecule has 1 atom stereocenters. The number of amides is 1. The second-order valence-corrected chi connectivity index (χ2v) is 7.48. The van der Waals surface area contributed by atoms with Crippen molar-refractivity contribution >= 4 is 69.9 Å². The first-order valence-electron chi connectivity index (χ1n) is 7.52. The molecule has 0 aromatic heterocycles. The minimum absolute atomic E-state index is 0.00914. The molecule has 144 valence electrons. The molecule has 1 aromatic carbocycles. The summed E-state index contributed by atoms with van der Waals surface area (Å²) in [5.41, 5.74) is 0.671. The quantitative estimate of drug-likeness (QED) is 0.268. The highest BCUT2D eigenvalue weighted by atomic mass is 35.6.